The molecule has 0 bridgehead atoms. The van der Waals surface area contributed by atoms with E-state index in [0.717, 1.165) is 18.4 Å². The number of halogens is 1. The van der Waals surface area contributed by atoms with Crippen LogP contribution < -0.4 is 0 Å². The average Bonchev–Trinajstić information content (AvgIpc) is 2.07. The maximum atomic E-state index is 5.15. The monoisotopic (exact) mass is 268 g/mol. The molecule has 0 aliphatic heterocycles. The molecule has 1 saturated carbocycles. The highest BCUT2D eigenvalue weighted by atomic mass is 127. The lowest BCUT2D eigenvalue weighted by molar-refractivity contribution is 0.122. The van der Waals surface area contributed by atoms with E-state index in [4.69, 9.17) is 4.74 Å². The van der Waals surface area contributed by atoms with Gasteiger partial charge in [0.05, 0.1) is 0 Å². The number of hydrogen-bond acceptors (Lipinski definition) is 1. The average molecular weight is 268 g/mol. The van der Waals surface area contributed by atoms with Crippen molar-refractivity contribution in [2.24, 2.45) is 11.8 Å². The molecule has 0 spiro atoms. The first-order chi connectivity index (χ1) is 5.36. The number of hydrogen-bond donors (Lipinski definition) is 0. The Balaban J connectivity index is 2.14. The van der Waals surface area contributed by atoms with Gasteiger partial charge in [-0.3, -0.25) is 0 Å². The minimum atomic E-state index is 0.860. The van der Waals surface area contributed by atoms with Crippen LogP contribution in [-0.2, 0) is 4.74 Å². The SMILES string of the molecule is COCC1CCC(CI)CC1. The first-order valence-electron chi connectivity index (χ1n) is 4.41. The summed E-state index contributed by atoms with van der Waals surface area (Å²) in [4.78, 5) is 0. The Labute approximate surface area is 83.0 Å². The van der Waals surface area contributed by atoms with Crippen LogP contribution >= 0.6 is 22.6 Å². The molecule has 1 nitrogen and oxygen atoms in total. The Bertz CT molecular complexity index is 97.7. The van der Waals surface area contributed by atoms with Crippen LogP contribution in [0.2, 0.25) is 0 Å². The molecule has 0 atom stereocenters. The lowest BCUT2D eigenvalue weighted by Crippen LogP contribution is -2.18. The maximum absolute atomic E-state index is 5.15. The number of methoxy groups -OCH3 is 1. The van der Waals surface area contributed by atoms with E-state index in [1.54, 1.807) is 0 Å². The predicted molar refractivity (Wildman–Crippen MR) is 56.2 cm³/mol. The molecule has 0 aromatic heterocycles. The smallest absolute Gasteiger partial charge is 0.0490 e. The zero-order valence-corrected chi connectivity index (χ0v) is 9.34. The highest BCUT2D eigenvalue weighted by molar-refractivity contribution is 14.1. The summed E-state index contributed by atoms with van der Waals surface area (Å²) in [5.41, 5.74) is 0. The third kappa shape index (κ3) is 3.28. The van der Waals surface area contributed by atoms with Crippen LogP contribution in [0.4, 0.5) is 0 Å². The minimum absolute atomic E-state index is 0.860. The van der Waals surface area contributed by atoms with Gasteiger partial charge in [0, 0.05) is 18.1 Å². The quantitative estimate of drug-likeness (QED) is 0.565. The second-order valence-corrected chi connectivity index (χ2v) is 4.38. The zero-order chi connectivity index (χ0) is 8.10. The van der Waals surface area contributed by atoms with Crippen LogP contribution in [0.25, 0.3) is 0 Å². The molecule has 0 saturated heterocycles. The zero-order valence-electron chi connectivity index (χ0n) is 7.18. The minimum Gasteiger partial charge on any atom is -0.384 e. The van der Waals surface area contributed by atoms with Crippen LogP contribution in [0.3, 0.4) is 0 Å². The van der Waals surface area contributed by atoms with Crippen molar-refractivity contribution in [2.45, 2.75) is 25.7 Å². The molecule has 0 aromatic carbocycles. The second kappa shape index (κ2) is 5.36. The topological polar surface area (TPSA) is 9.23 Å². The summed E-state index contributed by atoms with van der Waals surface area (Å²) in [5, 5.41) is 0. The van der Waals surface area contributed by atoms with Gasteiger partial charge in [0.25, 0.3) is 0 Å². The van der Waals surface area contributed by atoms with Gasteiger partial charge in [-0.1, -0.05) is 22.6 Å². The largest absolute Gasteiger partial charge is 0.384 e. The molecule has 1 aliphatic rings. The molecule has 1 fully saturated rings. The Kier molecular flexibility index (Phi) is 4.76. The van der Waals surface area contributed by atoms with Gasteiger partial charge in [0.2, 0.25) is 0 Å². The molecule has 0 heterocycles. The fourth-order valence-corrected chi connectivity index (χ4v) is 2.67. The van der Waals surface area contributed by atoms with Crippen LogP contribution in [0.5, 0.6) is 0 Å². The second-order valence-electron chi connectivity index (χ2n) is 3.50. The third-order valence-corrected chi connectivity index (χ3v) is 3.83. The first-order valence-corrected chi connectivity index (χ1v) is 5.94. The third-order valence-electron chi connectivity index (χ3n) is 2.59. The van der Waals surface area contributed by atoms with Crippen molar-refractivity contribution in [2.75, 3.05) is 18.1 Å². The van der Waals surface area contributed by atoms with Crippen LogP contribution in [0, 0.1) is 11.8 Å². The molecule has 0 aromatic rings. The fourth-order valence-electron chi connectivity index (χ4n) is 1.79. The molecule has 0 unspecified atom stereocenters. The van der Waals surface area contributed by atoms with Crippen LogP contribution in [0.1, 0.15) is 25.7 Å². The van der Waals surface area contributed by atoms with Gasteiger partial charge in [0.1, 0.15) is 0 Å². The molecule has 66 valence electrons. The lowest BCUT2D eigenvalue weighted by Gasteiger charge is -2.26. The van der Waals surface area contributed by atoms with Gasteiger partial charge in [0.15, 0.2) is 0 Å². The van der Waals surface area contributed by atoms with E-state index in [-0.39, 0.29) is 0 Å². The molecule has 0 N–H and O–H groups in total. The van der Waals surface area contributed by atoms with Crippen LogP contribution in [-0.4, -0.2) is 18.1 Å². The Morgan fingerprint density at radius 3 is 2.18 bits per heavy atom. The fraction of sp³-hybridized carbons (Fsp3) is 1.00. The summed E-state index contributed by atoms with van der Waals surface area (Å²) in [6.07, 6.45) is 5.64. The molecule has 1 rings (SSSR count). The molecule has 1 aliphatic carbocycles. The molecular weight excluding hydrogens is 251 g/mol. The molecule has 0 radical (unpaired) electrons. The summed E-state index contributed by atoms with van der Waals surface area (Å²) >= 11 is 2.50. The number of rotatable bonds is 3. The van der Waals surface area contributed by atoms with Crippen molar-refractivity contribution in [1.82, 2.24) is 0 Å². The predicted octanol–water partition coefficient (Wildman–Crippen LogP) is 2.87. The van der Waals surface area contributed by atoms with Crippen molar-refractivity contribution in [3.63, 3.8) is 0 Å². The summed E-state index contributed by atoms with van der Waals surface area (Å²) in [7, 11) is 1.81. The highest BCUT2D eigenvalue weighted by Crippen LogP contribution is 2.29. The van der Waals surface area contributed by atoms with Gasteiger partial charge in [-0.25, -0.2) is 0 Å². The van der Waals surface area contributed by atoms with E-state index in [1.165, 1.54) is 30.1 Å². The summed E-state index contributed by atoms with van der Waals surface area (Å²) < 4.78 is 6.49. The van der Waals surface area contributed by atoms with E-state index in [9.17, 15) is 0 Å². The van der Waals surface area contributed by atoms with Gasteiger partial charge in [-0.2, -0.15) is 0 Å². The van der Waals surface area contributed by atoms with Gasteiger partial charge in [-0.05, 0) is 37.5 Å². The van der Waals surface area contributed by atoms with Crippen LogP contribution in [0.15, 0.2) is 0 Å². The lowest BCUT2D eigenvalue weighted by atomic mass is 9.83. The maximum Gasteiger partial charge on any atom is 0.0490 e. The number of ether oxygens (including phenoxy) is 1. The standard InChI is InChI=1S/C9H17IO/c1-11-7-9-4-2-8(6-10)3-5-9/h8-9H,2-7H2,1H3. The Morgan fingerprint density at radius 1 is 1.18 bits per heavy atom. The van der Waals surface area contributed by atoms with Crippen molar-refractivity contribution < 1.29 is 4.74 Å². The van der Waals surface area contributed by atoms with Crippen molar-refractivity contribution in [3.8, 4) is 0 Å². The van der Waals surface area contributed by atoms with Gasteiger partial charge in [-0.15, -0.1) is 0 Å². The Morgan fingerprint density at radius 2 is 1.73 bits per heavy atom. The van der Waals surface area contributed by atoms with Crippen molar-refractivity contribution in [1.29, 1.82) is 0 Å². The van der Waals surface area contributed by atoms with E-state index in [2.05, 4.69) is 22.6 Å². The van der Waals surface area contributed by atoms with E-state index >= 15 is 0 Å². The van der Waals surface area contributed by atoms with Crippen molar-refractivity contribution in [3.05, 3.63) is 0 Å². The van der Waals surface area contributed by atoms with E-state index in [1.807, 2.05) is 7.11 Å². The molecular formula is C9H17IO. The van der Waals surface area contributed by atoms with E-state index in [0.29, 0.717) is 0 Å². The van der Waals surface area contributed by atoms with Gasteiger partial charge >= 0.3 is 0 Å². The normalized spacial score (nSPS) is 32.2. The molecule has 11 heavy (non-hydrogen) atoms. The molecule has 0 amide bonds. The number of alkyl halides is 1. The molecule has 2 heteroatoms. The summed E-state index contributed by atoms with van der Waals surface area (Å²) in [5.74, 6) is 1.86. The highest BCUT2D eigenvalue weighted by Gasteiger charge is 2.19. The van der Waals surface area contributed by atoms with Gasteiger partial charge < -0.3 is 4.74 Å². The first kappa shape index (κ1) is 9.78. The summed E-state index contributed by atoms with van der Waals surface area (Å²) in [6.45, 7) is 0.980. The Hall–Kier alpha value is 0.690. The van der Waals surface area contributed by atoms with E-state index < -0.39 is 0 Å². The summed E-state index contributed by atoms with van der Waals surface area (Å²) in [6, 6.07) is 0. The van der Waals surface area contributed by atoms with Crippen molar-refractivity contribution >= 4 is 22.6 Å².